The van der Waals surface area contributed by atoms with Crippen LogP contribution in [0, 0.1) is 15.9 Å². The normalized spacial score (nSPS) is 10.4. The summed E-state index contributed by atoms with van der Waals surface area (Å²) in [4.78, 5) is 17.7. The van der Waals surface area contributed by atoms with Crippen molar-refractivity contribution in [3.05, 3.63) is 64.0 Å². The number of rotatable bonds is 5. The maximum Gasteiger partial charge on any atom is 0.305 e. The molecule has 0 radical (unpaired) electrons. The lowest BCUT2D eigenvalue weighted by atomic mass is 10.2. The van der Waals surface area contributed by atoms with E-state index in [0.29, 0.717) is 6.54 Å². The SMILES string of the molecule is O=[N+]([O-])c1cccc(CNCc2ccncn2)c1F. The van der Waals surface area contributed by atoms with Crippen molar-refractivity contribution in [1.29, 1.82) is 0 Å². The molecule has 0 unspecified atom stereocenters. The predicted octanol–water partition coefficient (Wildman–Crippen LogP) is 1.81. The molecular formula is C12H11FN4O2. The largest absolute Gasteiger partial charge is 0.307 e. The van der Waals surface area contributed by atoms with Crippen LogP contribution in [0.5, 0.6) is 0 Å². The lowest BCUT2D eigenvalue weighted by Gasteiger charge is -2.05. The number of hydrogen-bond donors (Lipinski definition) is 1. The summed E-state index contributed by atoms with van der Waals surface area (Å²) in [5.74, 6) is -0.803. The highest BCUT2D eigenvalue weighted by Gasteiger charge is 2.16. The van der Waals surface area contributed by atoms with Gasteiger partial charge in [-0.15, -0.1) is 0 Å². The molecule has 1 N–H and O–H groups in total. The molecule has 0 aliphatic carbocycles. The quantitative estimate of drug-likeness (QED) is 0.656. The molecule has 7 heteroatoms. The topological polar surface area (TPSA) is 81.0 Å². The molecule has 6 nitrogen and oxygen atoms in total. The van der Waals surface area contributed by atoms with E-state index in [-0.39, 0.29) is 12.1 Å². The highest BCUT2D eigenvalue weighted by atomic mass is 19.1. The van der Waals surface area contributed by atoms with E-state index in [1.54, 1.807) is 12.3 Å². The van der Waals surface area contributed by atoms with Gasteiger partial charge < -0.3 is 5.32 Å². The number of nitro groups is 1. The Morgan fingerprint density at radius 2 is 2.16 bits per heavy atom. The highest BCUT2D eigenvalue weighted by molar-refractivity contribution is 5.36. The third-order valence-electron chi connectivity index (χ3n) is 2.52. The highest BCUT2D eigenvalue weighted by Crippen LogP contribution is 2.19. The standard InChI is InChI=1S/C12H11FN4O2/c13-12-9(2-1-3-11(12)17(18)19)6-15-7-10-4-5-14-8-16-10/h1-5,8,15H,6-7H2. The maximum atomic E-state index is 13.7. The Hall–Kier alpha value is -2.41. The van der Waals surface area contributed by atoms with Crippen LogP contribution in [-0.4, -0.2) is 14.9 Å². The van der Waals surface area contributed by atoms with E-state index in [2.05, 4.69) is 15.3 Å². The number of nitrogens with one attached hydrogen (secondary N) is 1. The smallest absolute Gasteiger partial charge is 0.305 e. The van der Waals surface area contributed by atoms with Gasteiger partial charge in [-0.3, -0.25) is 10.1 Å². The van der Waals surface area contributed by atoms with Crippen LogP contribution in [-0.2, 0) is 13.1 Å². The van der Waals surface area contributed by atoms with Gasteiger partial charge in [-0.1, -0.05) is 12.1 Å². The molecule has 0 atom stereocenters. The summed E-state index contributed by atoms with van der Waals surface area (Å²) >= 11 is 0. The third-order valence-corrected chi connectivity index (χ3v) is 2.52. The molecule has 0 amide bonds. The number of aromatic nitrogens is 2. The summed E-state index contributed by atoms with van der Waals surface area (Å²) in [7, 11) is 0. The van der Waals surface area contributed by atoms with E-state index in [9.17, 15) is 14.5 Å². The Balaban J connectivity index is 2.00. The van der Waals surface area contributed by atoms with Crippen molar-refractivity contribution in [2.45, 2.75) is 13.1 Å². The van der Waals surface area contributed by atoms with Gasteiger partial charge in [-0.25, -0.2) is 9.97 Å². The first-order valence-corrected chi connectivity index (χ1v) is 5.56. The molecule has 0 saturated heterocycles. The minimum absolute atomic E-state index is 0.192. The lowest BCUT2D eigenvalue weighted by molar-refractivity contribution is -0.387. The van der Waals surface area contributed by atoms with Crippen molar-refractivity contribution in [2.75, 3.05) is 0 Å². The van der Waals surface area contributed by atoms with Crippen molar-refractivity contribution < 1.29 is 9.31 Å². The fourth-order valence-electron chi connectivity index (χ4n) is 1.59. The number of hydrogen-bond acceptors (Lipinski definition) is 5. The van der Waals surface area contributed by atoms with E-state index in [0.717, 1.165) is 11.8 Å². The van der Waals surface area contributed by atoms with Gasteiger partial charge in [0.05, 0.1) is 10.6 Å². The zero-order valence-electron chi connectivity index (χ0n) is 9.91. The van der Waals surface area contributed by atoms with Crippen LogP contribution in [0.1, 0.15) is 11.3 Å². The first-order chi connectivity index (χ1) is 9.18. The lowest BCUT2D eigenvalue weighted by Crippen LogP contribution is -2.15. The van der Waals surface area contributed by atoms with Crippen molar-refractivity contribution in [3.63, 3.8) is 0 Å². The Morgan fingerprint density at radius 1 is 1.32 bits per heavy atom. The van der Waals surface area contributed by atoms with Crippen LogP contribution >= 0.6 is 0 Å². The number of benzene rings is 1. The van der Waals surface area contributed by atoms with Crippen LogP contribution < -0.4 is 5.32 Å². The molecule has 1 aromatic carbocycles. The molecule has 98 valence electrons. The van der Waals surface area contributed by atoms with Crippen molar-refractivity contribution in [1.82, 2.24) is 15.3 Å². The van der Waals surface area contributed by atoms with Crippen LogP contribution in [0.25, 0.3) is 0 Å². The number of nitrogens with zero attached hydrogens (tertiary/aromatic N) is 3. The molecule has 0 bridgehead atoms. The summed E-state index contributed by atoms with van der Waals surface area (Å²) in [6, 6.07) is 5.85. The van der Waals surface area contributed by atoms with Crippen molar-refractivity contribution >= 4 is 5.69 Å². The third kappa shape index (κ3) is 3.29. The Morgan fingerprint density at radius 3 is 2.84 bits per heavy atom. The van der Waals surface area contributed by atoms with Gasteiger partial charge in [0, 0.05) is 30.9 Å². The first-order valence-electron chi connectivity index (χ1n) is 5.56. The van der Waals surface area contributed by atoms with Gasteiger partial charge in [-0.05, 0) is 6.07 Å². The van der Waals surface area contributed by atoms with Crippen LogP contribution in [0.3, 0.4) is 0 Å². The van der Waals surface area contributed by atoms with E-state index in [1.165, 1.54) is 18.5 Å². The predicted molar refractivity (Wildman–Crippen MR) is 65.6 cm³/mol. The van der Waals surface area contributed by atoms with Gasteiger partial charge in [0.25, 0.3) is 0 Å². The fourth-order valence-corrected chi connectivity index (χ4v) is 1.59. The molecule has 1 aromatic heterocycles. The average molecular weight is 262 g/mol. The molecule has 0 aliphatic heterocycles. The zero-order chi connectivity index (χ0) is 13.7. The van der Waals surface area contributed by atoms with Crippen LogP contribution in [0.4, 0.5) is 10.1 Å². The maximum absolute atomic E-state index is 13.7. The van der Waals surface area contributed by atoms with Gasteiger partial charge in [-0.2, -0.15) is 4.39 Å². The van der Waals surface area contributed by atoms with Gasteiger partial charge >= 0.3 is 5.69 Å². The van der Waals surface area contributed by atoms with E-state index in [1.807, 2.05) is 0 Å². The van der Waals surface area contributed by atoms with E-state index < -0.39 is 16.4 Å². The minimum Gasteiger partial charge on any atom is -0.307 e. The Bertz CT molecular complexity index is 577. The summed E-state index contributed by atoms with van der Waals surface area (Å²) < 4.78 is 13.7. The van der Waals surface area contributed by atoms with Crippen LogP contribution in [0.15, 0.2) is 36.8 Å². The molecule has 0 fully saturated rings. The number of nitro benzene ring substituents is 1. The summed E-state index contributed by atoms with van der Waals surface area (Å²) in [6.07, 6.45) is 3.03. The summed E-state index contributed by atoms with van der Waals surface area (Å²) in [6.45, 7) is 0.627. The Kier molecular flexibility index (Phi) is 4.09. The second kappa shape index (κ2) is 5.96. The molecular weight excluding hydrogens is 251 g/mol. The molecule has 0 spiro atoms. The van der Waals surface area contributed by atoms with Crippen molar-refractivity contribution in [2.24, 2.45) is 0 Å². The van der Waals surface area contributed by atoms with Gasteiger partial charge in [0.2, 0.25) is 5.82 Å². The average Bonchev–Trinajstić information content (AvgIpc) is 2.41. The number of halogens is 1. The van der Waals surface area contributed by atoms with E-state index >= 15 is 0 Å². The van der Waals surface area contributed by atoms with Crippen molar-refractivity contribution in [3.8, 4) is 0 Å². The first kappa shape index (κ1) is 13.0. The molecule has 0 saturated carbocycles. The second-order valence-corrected chi connectivity index (χ2v) is 3.81. The van der Waals surface area contributed by atoms with Gasteiger partial charge in [0.15, 0.2) is 0 Å². The monoisotopic (exact) mass is 262 g/mol. The molecule has 2 rings (SSSR count). The summed E-state index contributed by atoms with van der Waals surface area (Å²) in [5, 5.41) is 13.6. The molecule has 19 heavy (non-hydrogen) atoms. The molecule has 1 heterocycles. The fraction of sp³-hybridized carbons (Fsp3) is 0.167. The molecule has 2 aromatic rings. The van der Waals surface area contributed by atoms with E-state index in [4.69, 9.17) is 0 Å². The summed E-state index contributed by atoms with van der Waals surface area (Å²) in [5.41, 5.74) is 0.505. The Labute approximate surface area is 108 Å². The van der Waals surface area contributed by atoms with Crippen LogP contribution in [0.2, 0.25) is 0 Å². The zero-order valence-corrected chi connectivity index (χ0v) is 9.91. The minimum atomic E-state index is -0.803. The van der Waals surface area contributed by atoms with Gasteiger partial charge in [0.1, 0.15) is 6.33 Å². The molecule has 0 aliphatic rings. The second-order valence-electron chi connectivity index (χ2n) is 3.81.